The molecule has 1 amide bonds. The fourth-order valence-corrected chi connectivity index (χ4v) is 3.29. The molecule has 31 heavy (non-hydrogen) atoms. The van der Waals surface area contributed by atoms with Gasteiger partial charge in [0, 0.05) is 28.9 Å². The molecule has 2 aromatic carbocycles. The Morgan fingerprint density at radius 3 is 2.58 bits per heavy atom. The minimum Gasteiger partial charge on any atom is -0.369 e. The number of hydrogen-bond acceptors (Lipinski definition) is 4. The van der Waals surface area contributed by atoms with Gasteiger partial charge in [0.25, 0.3) is 0 Å². The van der Waals surface area contributed by atoms with Crippen LogP contribution in [0.15, 0.2) is 67.0 Å². The van der Waals surface area contributed by atoms with Crippen molar-refractivity contribution in [2.24, 2.45) is 5.41 Å². The molecule has 0 spiro atoms. The molecule has 0 aliphatic heterocycles. The van der Waals surface area contributed by atoms with Crippen molar-refractivity contribution in [2.45, 2.75) is 27.2 Å². The quantitative estimate of drug-likeness (QED) is 0.402. The number of carbonyl (C=O) groups excluding carboxylic acids is 1. The molecule has 3 N–H and O–H groups in total. The van der Waals surface area contributed by atoms with Gasteiger partial charge in [0.05, 0.1) is 5.39 Å². The average molecular weight is 414 g/mol. The van der Waals surface area contributed by atoms with Crippen LogP contribution in [-0.2, 0) is 11.2 Å². The molecular formula is C25H27N5O. The highest BCUT2D eigenvalue weighted by atomic mass is 16.2. The number of fused-ring (bicyclic) bond motifs is 1. The van der Waals surface area contributed by atoms with E-state index in [0.717, 1.165) is 46.8 Å². The smallest absolute Gasteiger partial charge is 0.229 e. The molecule has 158 valence electrons. The Kier molecular flexibility index (Phi) is 5.71. The second-order valence-corrected chi connectivity index (χ2v) is 8.61. The molecule has 0 bridgehead atoms. The molecule has 0 fully saturated rings. The third-order valence-electron chi connectivity index (χ3n) is 5.09. The summed E-state index contributed by atoms with van der Waals surface area (Å²) in [6, 6.07) is 20.2. The van der Waals surface area contributed by atoms with Gasteiger partial charge in [-0.25, -0.2) is 9.97 Å². The molecule has 6 nitrogen and oxygen atoms in total. The summed E-state index contributed by atoms with van der Waals surface area (Å²) in [4.78, 5) is 24.5. The zero-order valence-electron chi connectivity index (χ0n) is 18.1. The van der Waals surface area contributed by atoms with E-state index in [1.807, 2.05) is 57.2 Å². The Labute approximate surface area is 182 Å². The van der Waals surface area contributed by atoms with E-state index in [1.165, 1.54) is 5.56 Å². The van der Waals surface area contributed by atoms with Gasteiger partial charge in [0.2, 0.25) is 5.91 Å². The first-order chi connectivity index (χ1) is 14.9. The van der Waals surface area contributed by atoms with Gasteiger partial charge >= 0.3 is 0 Å². The number of aromatic amines is 1. The fraction of sp³-hybridized carbons (Fsp3) is 0.240. The van der Waals surface area contributed by atoms with Crippen LogP contribution in [-0.4, -0.2) is 27.4 Å². The summed E-state index contributed by atoms with van der Waals surface area (Å²) in [6.45, 7) is 6.48. The van der Waals surface area contributed by atoms with Gasteiger partial charge in [-0.15, -0.1) is 0 Å². The predicted octanol–water partition coefficient (Wildman–Crippen LogP) is 5.26. The molecular weight excluding hydrogens is 386 g/mol. The lowest BCUT2D eigenvalue weighted by molar-refractivity contribution is -0.123. The number of nitrogens with zero attached hydrogens (tertiary/aromatic N) is 2. The van der Waals surface area contributed by atoms with Crippen molar-refractivity contribution < 1.29 is 4.79 Å². The number of amides is 1. The zero-order chi connectivity index (χ0) is 21.8. The standard InChI is InChI=1S/C25H27N5O/c1-25(2,3)24(31)29-19-11-7-10-18(14-19)21-15-20-22(27-16-28-23(20)30-21)26-13-12-17-8-5-4-6-9-17/h4-11,14-16H,12-13H2,1-3H3,(H,29,31)(H2,26,27,28,30). The second-order valence-electron chi connectivity index (χ2n) is 8.61. The van der Waals surface area contributed by atoms with Crippen LogP contribution in [0.4, 0.5) is 11.5 Å². The van der Waals surface area contributed by atoms with Crippen LogP contribution < -0.4 is 10.6 Å². The van der Waals surface area contributed by atoms with Gasteiger partial charge in [0.15, 0.2) is 0 Å². The highest BCUT2D eigenvalue weighted by molar-refractivity contribution is 5.96. The normalized spacial score (nSPS) is 11.5. The highest BCUT2D eigenvalue weighted by Gasteiger charge is 2.21. The van der Waals surface area contributed by atoms with Gasteiger partial charge in [-0.3, -0.25) is 4.79 Å². The van der Waals surface area contributed by atoms with Crippen LogP contribution in [0.25, 0.3) is 22.3 Å². The third-order valence-corrected chi connectivity index (χ3v) is 5.09. The number of nitrogens with one attached hydrogen (secondary N) is 3. The molecule has 0 aliphatic carbocycles. The summed E-state index contributed by atoms with van der Waals surface area (Å²) in [5, 5.41) is 7.35. The SMILES string of the molecule is CC(C)(C)C(=O)Nc1cccc(-c2cc3c(NCCc4ccccc4)ncnc3[nH]2)c1. The van der Waals surface area contributed by atoms with E-state index in [2.05, 4.69) is 49.9 Å². The summed E-state index contributed by atoms with van der Waals surface area (Å²) in [6.07, 6.45) is 2.48. The number of carbonyl (C=O) groups is 1. The molecule has 0 saturated heterocycles. The maximum absolute atomic E-state index is 12.3. The van der Waals surface area contributed by atoms with E-state index in [0.29, 0.717) is 0 Å². The Balaban J connectivity index is 1.54. The van der Waals surface area contributed by atoms with Crippen LogP contribution >= 0.6 is 0 Å². The topological polar surface area (TPSA) is 82.7 Å². The summed E-state index contributed by atoms with van der Waals surface area (Å²) >= 11 is 0. The summed E-state index contributed by atoms with van der Waals surface area (Å²) in [5.74, 6) is 0.790. The number of H-pyrrole nitrogens is 1. The molecule has 0 saturated carbocycles. The minimum atomic E-state index is -0.451. The monoisotopic (exact) mass is 413 g/mol. The van der Waals surface area contributed by atoms with Crippen LogP contribution in [0.2, 0.25) is 0 Å². The number of benzene rings is 2. The minimum absolute atomic E-state index is 0.0166. The van der Waals surface area contributed by atoms with E-state index in [4.69, 9.17) is 0 Å². The van der Waals surface area contributed by atoms with Crippen molar-refractivity contribution >= 4 is 28.4 Å². The Morgan fingerprint density at radius 1 is 1.00 bits per heavy atom. The van der Waals surface area contributed by atoms with Crippen LogP contribution in [0.1, 0.15) is 26.3 Å². The molecule has 6 heteroatoms. The van der Waals surface area contributed by atoms with Gasteiger partial charge in [-0.05, 0) is 30.2 Å². The number of anilines is 2. The lowest BCUT2D eigenvalue weighted by atomic mass is 9.95. The molecule has 0 unspecified atom stereocenters. The van der Waals surface area contributed by atoms with E-state index in [-0.39, 0.29) is 5.91 Å². The van der Waals surface area contributed by atoms with Crippen molar-refractivity contribution in [3.05, 3.63) is 72.6 Å². The van der Waals surface area contributed by atoms with Gasteiger partial charge in [0.1, 0.15) is 17.8 Å². The molecule has 0 aliphatic rings. The molecule has 0 radical (unpaired) electrons. The van der Waals surface area contributed by atoms with E-state index < -0.39 is 5.41 Å². The lowest BCUT2D eigenvalue weighted by Crippen LogP contribution is -2.27. The maximum atomic E-state index is 12.3. The van der Waals surface area contributed by atoms with Crippen molar-refractivity contribution in [1.29, 1.82) is 0 Å². The van der Waals surface area contributed by atoms with Gasteiger partial charge in [-0.1, -0.05) is 63.2 Å². The first-order valence-corrected chi connectivity index (χ1v) is 10.4. The molecule has 4 rings (SSSR count). The van der Waals surface area contributed by atoms with Crippen molar-refractivity contribution in [3.63, 3.8) is 0 Å². The second kappa shape index (κ2) is 8.60. The van der Waals surface area contributed by atoms with Crippen molar-refractivity contribution in [3.8, 4) is 11.3 Å². The molecule has 2 heterocycles. The Bertz CT molecular complexity index is 1190. The van der Waals surface area contributed by atoms with Crippen LogP contribution in [0.5, 0.6) is 0 Å². The van der Waals surface area contributed by atoms with Crippen LogP contribution in [0.3, 0.4) is 0 Å². The van der Waals surface area contributed by atoms with Gasteiger partial charge < -0.3 is 15.6 Å². The Morgan fingerprint density at radius 2 is 1.81 bits per heavy atom. The van der Waals surface area contributed by atoms with E-state index >= 15 is 0 Å². The van der Waals surface area contributed by atoms with Gasteiger partial charge in [-0.2, -0.15) is 0 Å². The molecule has 2 aromatic heterocycles. The number of hydrogen-bond donors (Lipinski definition) is 3. The van der Waals surface area contributed by atoms with Crippen molar-refractivity contribution in [1.82, 2.24) is 15.0 Å². The predicted molar refractivity (Wildman–Crippen MR) is 126 cm³/mol. The summed E-state index contributed by atoms with van der Waals surface area (Å²) < 4.78 is 0. The molecule has 4 aromatic rings. The third kappa shape index (κ3) is 4.91. The van der Waals surface area contributed by atoms with E-state index in [9.17, 15) is 4.79 Å². The first kappa shape index (κ1) is 20.6. The summed E-state index contributed by atoms with van der Waals surface area (Å²) in [7, 11) is 0. The fourth-order valence-electron chi connectivity index (χ4n) is 3.29. The highest BCUT2D eigenvalue weighted by Crippen LogP contribution is 2.28. The number of aromatic nitrogens is 3. The zero-order valence-corrected chi connectivity index (χ0v) is 18.1. The molecule has 0 atom stereocenters. The van der Waals surface area contributed by atoms with Crippen molar-refractivity contribution in [2.75, 3.05) is 17.2 Å². The lowest BCUT2D eigenvalue weighted by Gasteiger charge is -2.17. The summed E-state index contributed by atoms with van der Waals surface area (Å²) in [5.41, 5.74) is 4.27. The Hall–Kier alpha value is -3.67. The average Bonchev–Trinajstić information content (AvgIpc) is 3.19. The van der Waals surface area contributed by atoms with Crippen LogP contribution in [0, 0.1) is 5.41 Å². The first-order valence-electron chi connectivity index (χ1n) is 10.4. The largest absolute Gasteiger partial charge is 0.369 e. The van der Waals surface area contributed by atoms with E-state index in [1.54, 1.807) is 6.33 Å². The number of rotatable bonds is 6. The maximum Gasteiger partial charge on any atom is 0.229 e.